The Bertz CT molecular complexity index is 411. The summed E-state index contributed by atoms with van der Waals surface area (Å²) in [6.07, 6.45) is 3.13. The van der Waals surface area contributed by atoms with Crippen LogP contribution in [0.25, 0.3) is 0 Å². The largest absolute Gasteiger partial charge is 0.508 e. The molecule has 1 aromatic rings. The molecular weight excluding hydrogens is 216 g/mol. The quantitative estimate of drug-likeness (QED) is 0.795. The van der Waals surface area contributed by atoms with Crippen molar-refractivity contribution in [2.24, 2.45) is 0 Å². The van der Waals surface area contributed by atoms with Crippen molar-refractivity contribution in [3.05, 3.63) is 29.8 Å². The number of ether oxygens (including phenoxy) is 2. The van der Waals surface area contributed by atoms with E-state index in [4.69, 9.17) is 9.47 Å². The lowest BCUT2D eigenvalue weighted by atomic mass is 10.2. The minimum Gasteiger partial charge on any atom is -0.508 e. The Hall–Kier alpha value is -1.50. The van der Waals surface area contributed by atoms with E-state index in [1.165, 1.54) is 0 Å². The Morgan fingerprint density at radius 2 is 2.35 bits per heavy atom. The Morgan fingerprint density at radius 3 is 3.12 bits per heavy atom. The molecule has 0 aliphatic carbocycles. The molecule has 1 atom stereocenters. The molecule has 17 heavy (non-hydrogen) atoms. The maximum absolute atomic E-state index is 9.25. The van der Waals surface area contributed by atoms with E-state index in [0.717, 1.165) is 31.4 Å². The van der Waals surface area contributed by atoms with E-state index in [-0.39, 0.29) is 12.0 Å². The number of rotatable bonds is 2. The smallest absolute Gasteiger partial charge is 0.158 e. The predicted molar refractivity (Wildman–Crippen MR) is 64.5 cm³/mol. The molecule has 90 valence electrons. The minimum absolute atomic E-state index is 0.0952. The molecule has 1 heterocycles. The van der Waals surface area contributed by atoms with Gasteiger partial charge in [-0.15, -0.1) is 0 Å². The fraction of sp³-hybridized carbons (Fsp3) is 0.429. The fourth-order valence-electron chi connectivity index (χ4n) is 1.70. The number of benzene rings is 1. The van der Waals surface area contributed by atoms with Gasteiger partial charge in [-0.3, -0.25) is 0 Å². The van der Waals surface area contributed by atoms with Crippen LogP contribution in [0.1, 0.15) is 24.8 Å². The third-order valence-electron chi connectivity index (χ3n) is 2.56. The van der Waals surface area contributed by atoms with Gasteiger partial charge in [0.25, 0.3) is 0 Å². The summed E-state index contributed by atoms with van der Waals surface area (Å²) in [5.74, 6) is 6.08. The van der Waals surface area contributed by atoms with Crippen LogP contribution < -0.4 is 0 Å². The number of phenols is 1. The average Bonchev–Trinajstić information content (AvgIpc) is 2.36. The molecule has 1 aliphatic heterocycles. The molecule has 1 aliphatic rings. The summed E-state index contributed by atoms with van der Waals surface area (Å²) >= 11 is 0. The highest BCUT2D eigenvalue weighted by atomic mass is 16.7. The molecule has 0 amide bonds. The molecule has 2 rings (SSSR count). The van der Waals surface area contributed by atoms with E-state index in [1.54, 1.807) is 18.2 Å². The fourth-order valence-corrected chi connectivity index (χ4v) is 1.70. The number of aromatic hydroxyl groups is 1. The molecule has 3 nitrogen and oxygen atoms in total. The van der Waals surface area contributed by atoms with Crippen molar-refractivity contribution < 1.29 is 14.6 Å². The predicted octanol–water partition coefficient (Wildman–Crippen LogP) is 2.29. The van der Waals surface area contributed by atoms with Gasteiger partial charge in [-0.25, -0.2) is 0 Å². The highest BCUT2D eigenvalue weighted by Crippen LogP contribution is 2.13. The van der Waals surface area contributed by atoms with Crippen molar-refractivity contribution in [1.29, 1.82) is 0 Å². The normalized spacial score (nSPS) is 19.4. The highest BCUT2D eigenvalue weighted by Gasteiger charge is 2.12. The van der Waals surface area contributed by atoms with Crippen LogP contribution in [0.3, 0.4) is 0 Å². The number of phenolic OH excluding ortho intramolecular Hbond substituents is 1. The van der Waals surface area contributed by atoms with Gasteiger partial charge in [-0.2, -0.15) is 0 Å². The van der Waals surface area contributed by atoms with Crippen molar-refractivity contribution in [3.63, 3.8) is 0 Å². The van der Waals surface area contributed by atoms with Gasteiger partial charge in [0.15, 0.2) is 6.29 Å². The molecule has 1 saturated heterocycles. The van der Waals surface area contributed by atoms with Gasteiger partial charge >= 0.3 is 0 Å². The molecule has 0 radical (unpaired) electrons. The van der Waals surface area contributed by atoms with E-state index in [1.807, 2.05) is 6.07 Å². The number of hydrogen-bond donors (Lipinski definition) is 1. The first-order chi connectivity index (χ1) is 8.34. The van der Waals surface area contributed by atoms with E-state index in [2.05, 4.69) is 11.8 Å². The standard InChI is InChI=1S/C14H16O3/c15-13-7-3-5-12(11-13)6-4-10-17-14-8-1-2-9-16-14/h3,5,7,11,14-15H,1-2,8-10H2. The monoisotopic (exact) mass is 232 g/mol. The summed E-state index contributed by atoms with van der Waals surface area (Å²) in [4.78, 5) is 0. The molecule has 1 N–H and O–H groups in total. The van der Waals surface area contributed by atoms with Gasteiger partial charge in [0.05, 0.1) is 0 Å². The molecule has 1 fully saturated rings. The molecular formula is C14H16O3. The minimum atomic E-state index is -0.0952. The molecule has 0 aromatic heterocycles. The Morgan fingerprint density at radius 1 is 1.41 bits per heavy atom. The van der Waals surface area contributed by atoms with Gasteiger partial charge in [-0.1, -0.05) is 17.9 Å². The molecule has 0 bridgehead atoms. The topological polar surface area (TPSA) is 38.7 Å². The summed E-state index contributed by atoms with van der Waals surface area (Å²) in [5, 5.41) is 9.25. The Kier molecular flexibility index (Phi) is 4.43. The third kappa shape index (κ3) is 4.10. The van der Waals surface area contributed by atoms with Crippen LogP contribution in [0.15, 0.2) is 24.3 Å². The molecule has 3 heteroatoms. The average molecular weight is 232 g/mol. The van der Waals surface area contributed by atoms with Crippen LogP contribution in [0.5, 0.6) is 5.75 Å². The summed E-state index contributed by atoms with van der Waals surface area (Å²) in [6, 6.07) is 6.87. The van der Waals surface area contributed by atoms with Crippen molar-refractivity contribution in [3.8, 4) is 17.6 Å². The first kappa shape index (κ1) is 12.0. The van der Waals surface area contributed by atoms with Gasteiger partial charge in [0.2, 0.25) is 0 Å². The Labute approximate surface area is 101 Å². The molecule has 1 aromatic carbocycles. The summed E-state index contributed by atoms with van der Waals surface area (Å²) in [7, 11) is 0. The SMILES string of the molecule is Oc1cccc(C#CCOC2CCCCO2)c1. The molecule has 0 spiro atoms. The second kappa shape index (κ2) is 6.29. The van der Waals surface area contributed by atoms with Crippen molar-refractivity contribution >= 4 is 0 Å². The van der Waals surface area contributed by atoms with E-state index in [9.17, 15) is 5.11 Å². The zero-order valence-electron chi connectivity index (χ0n) is 9.69. The van der Waals surface area contributed by atoms with Gasteiger partial charge in [0.1, 0.15) is 12.4 Å². The third-order valence-corrected chi connectivity index (χ3v) is 2.56. The zero-order valence-corrected chi connectivity index (χ0v) is 9.69. The van der Waals surface area contributed by atoms with Crippen molar-refractivity contribution in [1.82, 2.24) is 0 Å². The maximum atomic E-state index is 9.25. The lowest BCUT2D eigenvalue weighted by Crippen LogP contribution is -2.22. The lowest BCUT2D eigenvalue weighted by molar-refractivity contribution is -0.154. The van der Waals surface area contributed by atoms with Crippen LogP contribution in [-0.4, -0.2) is 24.6 Å². The zero-order chi connectivity index (χ0) is 11.9. The Balaban J connectivity index is 1.78. The second-order valence-electron chi connectivity index (χ2n) is 3.96. The van der Waals surface area contributed by atoms with Crippen molar-refractivity contribution in [2.75, 3.05) is 13.2 Å². The summed E-state index contributed by atoms with van der Waals surface area (Å²) in [5.41, 5.74) is 0.790. The van der Waals surface area contributed by atoms with Crippen molar-refractivity contribution in [2.45, 2.75) is 25.6 Å². The van der Waals surface area contributed by atoms with Crippen LogP contribution in [0.4, 0.5) is 0 Å². The van der Waals surface area contributed by atoms with E-state index in [0.29, 0.717) is 6.61 Å². The van der Waals surface area contributed by atoms with Crippen LogP contribution in [-0.2, 0) is 9.47 Å². The van der Waals surface area contributed by atoms with Gasteiger partial charge in [0, 0.05) is 12.2 Å². The van der Waals surface area contributed by atoms with E-state index >= 15 is 0 Å². The van der Waals surface area contributed by atoms with E-state index < -0.39 is 0 Å². The van der Waals surface area contributed by atoms with Gasteiger partial charge in [-0.05, 0) is 37.5 Å². The first-order valence-corrected chi connectivity index (χ1v) is 5.86. The highest BCUT2D eigenvalue weighted by molar-refractivity contribution is 5.39. The summed E-state index contributed by atoms with van der Waals surface area (Å²) in [6.45, 7) is 1.14. The van der Waals surface area contributed by atoms with Crippen LogP contribution in [0.2, 0.25) is 0 Å². The second-order valence-corrected chi connectivity index (χ2v) is 3.96. The number of hydrogen-bond acceptors (Lipinski definition) is 3. The van der Waals surface area contributed by atoms with Gasteiger partial charge < -0.3 is 14.6 Å². The molecule has 1 unspecified atom stereocenters. The first-order valence-electron chi connectivity index (χ1n) is 5.86. The maximum Gasteiger partial charge on any atom is 0.158 e. The van der Waals surface area contributed by atoms with Crippen LogP contribution >= 0.6 is 0 Å². The lowest BCUT2D eigenvalue weighted by Gasteiger charge is -2.21. The summed E-state index contributed by atoms with van der Waals surface area (Å²) < 4.78 is 10.9. The molecule has 0 saturated carbocycles. The van der Waals surface area contributed by atoms with Crippen LogP contribution in [0, 0.1) is 11.8 Å².